The fourth-order valence-corrected chi connectivity index (χ4v) is 7.29. The molecule has 0 aliphatic heterocycles. The average molecular weight is 847 g/mol. The van der Waals surface area contributed by atoms with E-state index in [-0.39, 0.29) is 47.5 Å². The van der Waals surface area contributed by atoms with Crippen LogP contribution in [0, 0.1) is 0 Å². The predicted molar refractivity (Wildman–Crippen MR) is 229 cm³/mol. The average Bonchev–Trinajstić information content (AvgIpc) is 3.18. The van der Waals surface area contributed by atoms with Gasteiger partial charge in [-0.3, -0.25) is 0 Å². The number of benzene rings is 4. The molecule has 0 heterocycles. The van der Waals surface area contributed by atoms with E-state index >= 15 is 0 Å². The van der Waals surface area contributed by atoms with Crippen LogP contribution in [0.1, 0.15) is 141 Å². The molecule has 0 saturated carbocycles. The van der Waals surface area contributed by atoms with Crippen molar-refractivity contribution in [2.45, 2.75) is 152 Å². The molecule has 0 fully saturated rings. The fraction of sp³-hybridized carbons (Fsp3) is 0.478. The Morgan fingerprint density at radius 3 is 0.842 bits per heavy atom. The molecule has 0 saturated heterocycles. The molecule has 0 spiro atoms. The second-order valence-corrected chi connectivity index (χ2v) is 17.3. The van der Waals surface area contributed by atoms with E-state index in [1.165, 1.54) is 175 Å². The van der Waals surface area contributed by atoms with Crippen molar-refractivity contribution in [2.24, 2.45) is 0 Å². The standard InChI is InChI=1S/2C23H32O4S.Ca/c2*1-2-3-4-5-6-7-8-9-10-11-20-12-14-21(15-13-20)27-22-16-18-23(19-17-22)28(24,25)26;/h2*12-19H,2-11H2,1H3,(H,24,25,26);/q;;+2/p-2. The van der Waals surface area contributed by atoms with Gasteiger partial charge in [0.25, 0.3) is 0 Å². The first-order chi connectivity index (χ1) is 27.0. The van der Waals surface area contributed by atoms with Gasteiger partial charge in [0.2, 0.25) is 0 Å². The van der Waals surface area contributed by atoms with Crippen LogP contribution in [0.5, 0.6) is 23.0 Å². The molecule has 4 aromatic rings. The third-order valence-electron chi connectivity index (χ3n) is 9.68. The summed E-state index contributed by atoms with van der Waals surface area (Å²) in [6, 6.07) is 26.9. The number of aryl methyl sites for hydroxylation is 2. The normalized spacial score (nSPS) is 11.3. The van der Waals surface area contributed by atoms with Crippen LogP contribution in [0.3, 0.4) is 0 Å². The van der Waals surface area contributed by atoms with Gasteiger partial charge in [0.1, 0.15) is 43.2 Å². The Morgan fingerprint density at radius 1 is 0.368 bits per heavy atom. The summed E-state index contributed by atoms with van der Waals surface area (Å²) in [6.07, 6.45) is 26.1. The zero-order chi connectivity index (χ0) is 40.5. The zero-order valence-corrected chi connectivity index (χ0v) is 38.0. The molecule has 4 rings (SSSR count). The molecule has 0 N–H and O–H groups in total. The van der Waals surface area contributed by atoms with Gasteiger partial charge >= 0.3 is 37.7 Å². The zero-order valence-electron chi connectivity index (χ0n) is 34.2. The molecule has 308 valence electrons. The molecule has 11 heteroatoms. The Labute approximate surface area is 373 Å². The van der Waals surface area contributed by atoms with Crippen molar-refractivity contribution in [1.82, 2.24) is 0 Å². The summed E-state index contributed by atoms with van der Waals surface area (Å²) in [4.78, 5) is -0.507. The van der Waals surface area contributed by atoms with Gasteiger partial charge in [-0.25, -0.2) is 16.8 Å². The number of rotatable bonds is 26. The molecular formula is C46H62CaO8S2. The van der Waals surface area contributed by atoms with E-state index < -0.39 is 20.2 Å². The summed E-state index contributed by atoms with van der Waals surface area (Å²) in [5.74, 6) is 2.38. The van der Waals surface area contributed by atoms with Crippen LogP contribution in [-0.2, 0) is 33.1 Å². The maximum atomic E-state index is 10.9. The van der Waals surface area contributed by atoms with Crippen LogP contribution in [-0.4, -0.2) is 63.7 Å². The third-order valence-corrected chi connectivity index (χ3v) is 11.4. The van der Waals surface area contributed by atoms with Gasteiger partial charge in [-0.05, 0) is 110 Å². The fourth-order valence-electron chi connectivity index (χ4n) is 6.35. The first-order valence-corrected chi connectivity index (χ1v) is 23.4. The van der Waals surface area contributed by atoms with E-state index in [4.69, 9.17) is 9.47 Å². The molecule has 0 atom stereocenters. The van der Waals surface area contributed by atoms with Crippen LogP contribution in [0.15, 0.2) is 107 Å². The second kappa shape index (κ2) is 28.9. The first-order valence-electron chi connectivity index (χ1n) is 20.6. The van der Waals surface area contributed by atoms with Crippen molar-refractivity contribution in [1.29, 1.82) is 0 Å². The first kappa shape index (κ1) is 50.7. The summed E-state index contributed by atoms with van der Waals surface area (Å²) in [7, 11) is -8.85. The van der Waals surface area contributed by atoms with E-state index in [9.17, 15) is 25.9 Å². The van der Waals surface area contributed by atoms with Crippen molar-refractivity contribution in [3.8, 4) is 23.0 Å². The van der Waals surface area contributed by atoms with Crippen LogP contribution in [0.25, 0.3) is 0 Å². The molecule has 57 heavy (non-hydrogen) atoms. The van der Waals surface area contributed by atoms with E-state index in [1.807, 2.05) is 24.3 Å². The second-order valence-electron chi connectivity index (χ2n) is 14.5. The summed E-state index contributed by atoms with van der Waals surface area (Å²) >= 11 is 0. The summed E-state index contributed by atoms with van der Waals surface area (Å²) in [5.41, 5.74) is 2.59. The topological polar surface area (TPSA) is 133 Å². The minimum Gasteiger partial charge on any atom is -0.744 e. The molecular weight excluding hydrogens is 785 g/mol. The van der Waals surface area contributed by atoms with Crippen molar-refractivity contribution in [3.05, 3.63) is 108 Å². The molecule has 0 aliphatic rings. The Morgan fingerprint density at radius 2 is 0.596 bits per heavy atom. The number of unbranched alkanes of at least 4 members (excludes halogenated alkanes) is 16. The maximum absolute atomic E-state index is 10.9. The van der Waals surface area contributed by atoms with E-state index in [0.29, 0.717) is 23.0 Å². The summed E-state index contributed by atoms with van der Waals surface area (Å²) in [5, 5.41) is 0. The Kier molecular flexibility index (Phi) is 25.7. The van der Waals surface area contributed by atoms with Crippen LogP contribution < -0.4 is 9.47 Å². The molecule has 8 nitrogen and oxygen atoms in total. The van der Waals surface area contributed by atoms with Crippen molar-refractivity contribution >= 4 is 58.0 Å². The summed E-state index contributed by atoms with van der Waals surface area (Å²) in [6.45, 7) is 4.50. The van der Waals surface area contributed by atoms with Gasteiger partial charge in [-0.2, -0.15) is 0 Å². The van der Waals surface area contributed by atoms with Gasteiger partial charge in [0, 0.05) is 0 Å². The van der Waals surface area contributed by atoms with Crippen LogP contribution in [0.2, 0.25) is 0 Å². The number of ether oxygens (including phenoxy) is 2. The Hall–Kier alpha value is -2.44. The minimum atomic E-state index is -4.42. The van der Waals surface area contributed by atoms with E-state index in [1.54, 1.807) is 0 Å². The predicted octanol–water partition coefficient (Wildman–Crippen LogP) is 12.5. The van der Waals surface area contributed by atoms with Gasteiger partial charge in [-0.15, -0.1) is 0 Å². The Balaban J connectivity index is 0.000000387. The number of hydrogen-bond acceptors (Lipinski definition) is 8. The number of hydrogen-bond donors (Lipinski definition) is 0. The van der Waals surface area contributed by atoms with Crippen molar-refractivity contribution in [3.63, 3.8) is 0 Å². The van der Waals surface area contributed by atoms with E-state index in [0.717, 1.165) is 12.8 Å². The third kappa shape index (κ3) is 22.5. The van der Waals surface area contributed by atoms with Crippen molar-refractivity contribution in [2.75, 3.05) is 0 Å². The van der Waals surface area contributed by atoms with Crippen LogP contribution in [0.4, 0.5) is 0 Å². The minimum absolute atomic E-state index is 0. The van der Waals surface area contributed by atoms with Gasteiger partial charge in [0.15, 0.2) is 0 Å². The monoisotopic (exact) mass is 846 g/mol. The van der Waals surface area contributed by atoms with Gasteiger partial charge in [0.05, 0.1) is 9.79 Å². The quantitative estimate of drug-likeness (QED) is 0.0346. The molecule has 0 unspecified atom stereocenters. The Bertz CT molecular complexity index is 1710. The summed E-state index contributed by atoms with van der Waals surface area (Å²) < 4.78 is 77.1. The molecule has 0 bridgehead atoms. The van der Waals surface area contributed by atoms with Gasteiger partial charge < -0.3 is 18.6 Å². The van der Waals surface area contributed by atoms with Crippen LogP contribution >= 0.6 is 0 Å². The molecule has 0 aliphatic carbocycles. The van der Waals surface area contributed by atoms with Gasteiger partial charge in [-0.1, -0.05) is 141 Å². The maximum Gasteiger partial charge on any atom is 2.00 e. The molecule has 0 radical (unpaired) electrons. The smallest absolute Gasteiger partial charge is 0.744 e. The largest absolute Gasteiger partial charge is 2.00 e. The molecule has 4 aromatic carbocycles. The van der Waals surface area contributed by atoms with Crippen molar-refractivity contribution < 1.29 is 35.4 Å². The van der Waals surface area contributed by atoms with E-state index in [2.05, 4.69) is 38.1 Å². The molecule has 0 amide bonds. The molecule has 0 aromatic heterocycles. The SMILES string of the molecule is CCCCCCCCCCCc1ccc(Oc2ccc(S(=O)(=O)[O-])cc2)cc1.CCCCCCCCCCCc1ccc(Oc2ccc(S(=O)(=O)[O-])cc2)cc1.[Ca+2].